The SMILES string of the molecule is COc1ccc(C)c2sc(N(CCN(C)C)C(=O)Cc3cc(C)ccc3C)nc12. The fraction of sp³-hybridized carbons (Fsp3) is 0.391. The molecule has 2 aromatic carbocycles. The first-order valence-corrected chi connectivity index (χ1v) is 10.6. The summed E-state index contributed by atoms with van der Waals surface area (Å²) >= 11 is 1.55. The number of hydrogen-bond donors (Lipinski definition) is 0. The van der Waals surface area contributed by atoms with E-state index < -0.39 is 0 Å². The fourth-order valence-corrected chi connectivity index (χ4v) is 4.35. The Hall–Kier alpha value is -2.44. The van der Waals surface area contributed by atoms with Gasteiger partial charge in [0.1, 0.15) is 11.3 Å². The van der Waals surface area contributed by atoms with Gasteiger partial charge in [-0.25, -0.2) is 4.98 Å². The van der Waals surface area contributed by atoms with Crippen LogP contribution in [0.2, 0.25) is 0 Å². The van der Waals surface area contributed by atoms with E-state index in [0.717, 1.165) is 44.3 Å². The van der Waals surface area contributed by atoms with Crippen molar-refractivity contribution in [2.45, 2.75) is 27.2 Å². The number of carbonyl (C=O) groups is 1. The van der Waals surface area contributed by atoms with Crippen molar-refractivity contribution in [2.75, 3.05) is 39.2 Å². The number of aryl methyl sites for hydroxylation is 3. The number of methoxy groups -OCH3 is 1. The molecule has 0 saturated heterocycles. The zero-order valence-corrected chi connectivity index (χ0v) is 18.9. The summed E-state index contributed by atoms with van der Waals surface area (Å²) in [6, 6.07) is 10.2. The summed E-state index contributed by atoms with van der Waals surface area (Å²) in [4.78, 5) is 22.1. The lowest BCUT2D eigenvalue weighted by Gasteiger charge is -2.22. The van der Waals surface area contributed by atoms with Gasteiger partial charge in [0.25, 0.3) is 0 Å². The second-order valence-electron chi connectivity index (χ2n) is 7.71. The maximum atomic E-state index is 13.3. The van der Waals surface area contributed by atoms with E-state index in [-0.39, 0.29) is 5.91 Å². The van der Waals surface area contributed by atoms with Gasteiger partial charge in [-0.2, -0.15) is 0 Å². The third-order valence-electron chi connectivity index (χ3n) is 5.06. The monoisotopic (exact) mass is 411 g/mol. The predicted molar refractivity (Wildman–Crippen MR) is 121 cm³/mol. The molecule has 1 aromatic heterocycles. The molecule has 0 aliphatic rings. The molecule has 0 saturated carbocycles. The Morgan fingerprint density at radius 3 is 2.48 bits per heavy atom. The van der Waals surface area contributed by atoms with Crippen molar-refractivity contribution in [3.63, 3.8) is 0 Å². The van der Waals surface area contributed by atoms with Gasteiger partial charge in [-0.05, 0) is 57.6 Å². The molecule has 0 spiro atoms. The van der Waals surface area contributed by atoms with Crippen LogP contribution in [0.3, 0.4) is 0 Å². The molecule has 0 aliphatic heterocycles. The summed E-state index contributed by atoms with van der Waals surface area (Å²) in [5, 5.41) is 0.727. The molecule has 0 N–H and O–H groups in total. The number of carbonyl (C=O) groups excluding carboxylic acids is 1. The number of thiazole rings is 1. The maximum absolute atomic E-state index is 13.3. The molecule has 5 nitrogen and oxygen atoms in total. The third-order valence-corrected chi connectivity index (χ3v) is 6.27. The number of hydrogen-bond acceptors (Lipinski definition) is 5. The Bertz CT molecular complexity index is 1030. The number of fused-ring (bicyclic) bond motifs is 1. The van der Waals surface area contributed by atoms with Crippen molar-refractivity contribution < 1.29 is 9.53 Å². The zero-order chi connectivity index (χ0) is 21.1. The molecule has 1 heterocycles. The van der Waals surface area contributed by atoms with Crippen LogP contribution in [-0.2, 0) is 11.2 Å². The quantitative estimate of drug-likeness (QED) is 0.579. The standard InChI is InChI=1S/C23H29N3O2S/c1-15-7-8-16(2)18(13-15)14-20(27)26(12-11-25(4)5)23-24-21-19(28-6)10-9-17(3)22(21)29-23/h7-10,13H,11-12,14H2,1-6H3. The molecule has 3 aromatic rings. The number of nitrogens with zero attached hydrogens (tertiary/aromatic N) is 3. The smallest absolute Gasteiger partial charge is 0.233 e. The Labute approximate surface area is 176 Å². The summed E-state index contributed by atoms with van der Waals surface area (Å²) in [6.45, 7) is 7.53. The van der Waals surface area contributed by atoms with Gasteiger partial charge in [-0.15, -0.1) is 0 Å². The normalized spacial score (nSPS) is 11.3. The molecule has 29 heavy (non-hydrogen) atoms. The molecule has 0 fully saturated rings. The number of benzene rings is 2. The van der Waals surface area contributed by atoms with Gasteiger partial charge in [-0.3, -0.25) is 9.69 Å². The number of amides is 1. The maximum Gasteiger partial charge on any atom is 0.233 e. The first-order chi connectivity index (χ1) is 13.8. The van der Waals surface area contributed by atoms with Gasteiger partial charge in [0.05, 0.1) is 18.2 Å². The lowest BCUT2D eigenvalue weighted by atomic mass is 10.0. The highest BCUT2D eigenvalue weighted by molar-refractivity contribution is 7.22. The topological polar surface area (TPSA) is 45.7 Å². The van der Waals surface area contributed by atoms with Gasteiger partial charge in [0.2, 0.25) is 5.91 Å². The van der Waals surface area contributed by atoms with E-state index in [4.69, 9.17) is 9.72 Å². The van der Waals surface area contributed by atoms with E-state index >= 15 is 0 Å². The van der Waals surface area contributed by atoms with Crippen molar-refractivity contribution in [3.8, 4) is 5.75 Å². The number of ether oxygens (including phenoxy) is 1. The Balaban J connectivity index is 1.98. The number of aromatic nitrogens is 1. The summed E-state index contributed by atoms with van der Waals surface area (Å²) in [6.07, 6.45) is 0.368. The molecule has 6 heteroatoms. The van der Waals surface area contributed by atoms with E-state index in [2.05, 4.69) is 43.9 Å². The van der Waals surface area contributed by atoms with Crippen LogP contribution < -0.4 is 9.64 Å². The largest absolute Gasteiger partial charge is 0.494 e. The van der Waals surface area contributed by atoms with Crippen molar-refractivity contribution in [3.05, 3.63) is 52.6 Å². The highest BCUT2D eigenvalue weighted by atomic mass is 32.1. The van der Waals surface area contributed by atoms with Crippen LogP contribution in [0, 0.1) is 20.8 Å². The summed E-state index contributed by atoms with van der Waals surface area (Å²) in [5.41, 5.74) is 5.33. The average molecular weight is 412 g/mol. The van der Waals surface area contributed by atoms with Crippen LogP contribution in [0.1, 0.15) is 22.3 Å². The van der Waals surface area contributed by atoms with Gasteiger partial charge in [0, 0.05) is 13.1 Å². The highest BCUT2D eigenvalue weighted by Crippen LogP contribution is 2.36. The highest BCUT2D eigenvalue weighted by Gasteiger charge is 2.22. The van der Waals surface area contributed by atoms with Crippen molar-refractivity contribution in [1.82, 2.24) is 9.88 Å². The van der Waals surface area contributed by atoms with Gasteiger partial charge < -0.3 is 9.64 Å². The number of anilines is 1. The Kier molecular flexibility index (Phi) is 6.55. The van der Waals surface area contributed by atoms with Gasteiger partial charge in [-0.1, -0.05) is 41.2 Å². The van der Waals surface area contributed by atoms with Crippen LogP contribution in [-0.4, -0.2) is 50.1 Å². The van der Waals surface area contributed by atoms with Gasteiger partial charge >= 0.3 is 0 Å². The minimum atomic E-state index is 0.0660. The molecule has 3 rings (SSSR count). The van der Waals surface area contributed by atoms with Crippen LogP contribution >= 0.6 is 11.3 Å². The lowest BCUT2D eigenvalue weighted by Crippen LogP contribution is -2.37. The van der Waals surface area contributed by atoms with E-state index in [1.54, 1.807) is 18.4 Å². The van der Waals surface area contributed by atoms with Crippen LogP contribution in [0.15, 0.2) is 30.3 Å². The summed E-state index contributed by atoms with van der Waals surface area (Å²) < 4.78 is 6.55. The lowest BCUT2D eigenvalue weighted by molar-refractivity contribution is -0.118. The average Bonchev–Trinajstić information content (AvgIpc) is 3.11. The zero-order valence-electron chi connectivity index (χ0n) is 18.1. The molecule has 0 bridgehead atoms. The second kappa shape index (κ2) is 8.93. The van der Waals surface area contributed by atoms with Crippen molar-refractivity contribution in [1.29, 1.82) is 0 Å². The molecular formula is C23H29N3O2S. The van der Waals surface area contributed by atoms with Crippen LogP contribution in [0.5, 0.6) is 5.75 Å². The van der Waals surface area contributed by atoms with Gasteiger partial charge in [0.15, 0.2) is 5.13 Å². The van der Waals surface area contributed by atoms with E-state index in [1.165, 1.54) is 5.56 Å². The third kappa shape index (κ3) is 4.77. The van der Waals surface area contributed by atoms with E-state index in [9.17, 15) is 4.79 Å². The van der Waals surface area contributed by atoms with Crippen molar-refractivity contribution in [2.24, 2.45) is 0 Å². The minimum absolute atomic E-state index is 0.0660. The number of likely N-dealkylation sites (N-methyl/N-ethyl adjacent to an activating group) is 1. The molecule has 1 amide bonds. The molecule has 0 unspecified atom stereocenters. The summed E-state index contributed by atoms with van der Waals surface area (Å²) in [7, 11) is 5.68. The number of rotatable bonds is 7. The minimum Gasteiger partial charge on any atom is -0.494 e. The second-order valence-corrected chi connectivity index (χ2v) is 8.69. The molecule has 154 valence electrons. The van der Waals surface area contributed by atoms with E-state index in [0.29, 0.717) is 13.0 Å². The Morgan fingerprint density at radius 2 is 1.79 bits per heavy atom. The van der Waals surface area contributed by atoms with Crippen molar-refractivity contribution >= 4 is 32.6 Å². The molecule has 0 atom stereocenters. The van der Waals surface area contributed by atoms with Crippen LogP contribution in [0.25, 0.3) is 10.2 Å². The first-order valence-electron chi connectivity index (χ1n) is 9.75. The fourth-order valence-electron chi connectivity index (χ4n) is 3.25. The van der Waals surface area contributed by atoms with Crippen LogP contribution in [0.4, 0.5) is 5.13 Å². The predicted octanol–water partition coefficient (Wildman–Crippen LogP) is 4.37. The molecule has 0 radical (unpaired) electrons. The van der Waals surface area contributed by atoms with E-state index in [1.807, 2.05) is 31.1 Å². The molecular weight excluding hydrogens is 382 g/mol. The molecule has 0 aliphatic carbocycles. The first kappa shape index (κ1) is 21.3. The Morgan fingerprint density at radius 1 is 1.07 bits per heavy atom. The summed E-state index contributed by atoms with van der Waals surface area (Å²) in [5.74, 6) is 0.805.